The van der Waals surface area contributed by atoms with Crippen LogP contribution in [-0.4, -0.2) is 48.9 Å². The van der Waals surface area contributed by atoms with Gasteiger partial charge in [0.1, 0.15) is 17.4 Å². The van der Waals surface area contributed by atoms with Gasteiger partial charge in [0.05, 0.1) is 18.6 Å². The number of halogens is 2. The molecule has 0 spiro atoms. The maximum absolute atomic E-state index is 13.9. The van der Waals surface area contributed by atoms with E-state index in [0.717, 1.165) is 12.1 Å². The molecule has 1 unspecified atom stereocenters. The summed E-state index contributed by atoms with van der Waals surface area (Å²) in [4.78, 5) is 38.9. The fourth-order valence-corrected chi connectivity index (χ4v) is 3.47. The van der Waals surface area contributed by atoms with E-state index >= 15 is 0 Å². The molecule has 1 aliphatic heterocycles. The number of methoxy groups -OCH3 is 1. The minimum absolute atomic E-state index is 0.207. The van der Waals surface area contributed by atoms with Gasteiger partial charge in [0.15, 0.2) is 6.10 Å². The lowest BCUT2D eigenvalue weighted by molar-refractivity contribution is -0.152. The molecule has 0 saturated carbocycles. The van der Waals surface area contributed by atoms with E-state index in [4.69, 9.17) is 9.47 Å². The van der Waals surface area contributed by atoms with E-state index in [1.54, 1.807) is 24.3 Å². The molecule has 2 aromatic carbocycles. The maximum atomic E-state index is 13.9. The highest BCUT2D eigenvalue weighted by molar-refractivity contribution is 6.00. The number of esters is 1. The van der Waals surface area contributed by atoms with Crippen LogP contribution >= 0.6 is 0 Å². The molecule has 2 aromatic rings. The van der Waals surface area contributed by atoms with Crippen LogP contribution in [0, 0.1) is 17.6 Å². The largest absolute Gasteiger partial charge is 0.497 e. The van der Waals surface area contributed by atoms with Gasteiger partial charge in [-0.25, -0.2) is 8.78 Å². The normalized spacial score (nSPS) is 15.3. The second-order valence-electron chi connectivity index (χ2n) is 7.36. The number of ketones is 1. The van der Waals surface area contributed by atoms with E-state index in [0.29, 0.717) is 30.2 Å². The highest BCUT2D eigenvalue weighted by atomic mass is 19.1. The van der Waals surface area contributed by atoms with E-state index in [1.165, 1.54) is 18.9 Å². The molecule has 1 aliphatic rings. The lowest BCUT2D eigenvalue weighted by atomic mass is 9.96. The summed E-state index contributed by atoms with van der Waals surface area (Å²) in [5.74, 6) is -2.90. The molecule has 1 fully saturated rings. The smallest absolute Gasteiger partial charge is 0.309 e. The molecule has 164 valence electrons. The zero-order chi connectivity index (χ0) is 22.5. The molecule has 8 heteroatoms. The quantitative estimate of drug-likeness (QED) is 0.516. The standard InChI is InChI=1S/C23H23F2NO5/c1-14(21(27)15-3-6-18(30-2)7-4-15)31-23(29)16-9-11-26(12-10-16)22(28)19-8-5-17(24)13-20(19)25/h3-8,13-14,16H,9-12H2,1-2H3. The molecule has 31 heavy (non-hydrogen) atoms. The third-order valence-corrected chi connectivity index (χ3v) is 5.31. The van der Waals surface area contributed by atoms with Crippen LogP contribution in [0.1, 0.15) is 40.5 Å². The number of rotatable bonds is 6. The first-order valence-electron chi connectivity index (χ1n) is 9.93. The third-order valence-electron chi connectivity index (χ3n) is 5.31. The number of amides is 1. The Balaban J connectivity index is 1.53. The Labute approximate surface area is 178 Å². The van der Waals surface area contributed by atoms with Crippen molar-refractivity contribution >= 4 is 17.7 Å². The van der Waals surface area contributed by atoms with Crippen LogP contribution in [0.3, 0.4) is 0 Å². The Morgan fingerprint density at radius 1 is 1.03 bits per heavy atom. The van der Waals surface area contributed by atoms with Crippen LogP contribution in [-0.2, 0) is 9.53 Å². The Hall–Kier alpha value is -3.29. The first-order chi connectivity index (χ1) is 14.8. The predicted molar refractivity (Wildman–Crippen MR) is 108 cm³/mol. The number of benzene rings is 2. The molecule has 1 amide bonds. The number of hydrogen-bond donors (Lipinski definition) is 0. The molecule has 0 aromatic heterocycles. The van der Waals surface area contributed by atoms with Crippen LogP contribution in [0.4, 0.5) is 8.78 Å². The molecule has 0 aliphatic carbocycles. The topological polar surface area (TPSA) is 72.9 Å². The van der Waals surface area contributed by atoms with E-state index in [2.05, 4.69) is 0 Å². The fourth-order valence-electron chi connectivity index (χ4n) is 3.47. The van der Waals surface area contributed by atoms with Crippen molar-refractivity contribution < 1.29 is 32.6 Å². The average Bonchev–Trinajstić information content (AvgIpc) is 2.78. The number of Topliss-reactive ketones (excluding diaryl/α,β-unsaturated/α-hetero) is 1. The van der Waals surface area contributed by atoms with Gasteiger partial charge >= 0.3 is 5.97 Å². The van der Waals surface area contributed by atoms with Gasteiger partial charge in [-0.2, -0.15) is 0 Å². The summed E-state index contributed by atoms with van der Waals surface area (Å²) in [6.07, 6.45) is -0.290. The summed E-state index contributed by atoms with van der Waals surface area (Å²) in [6.45, 7) is 1.98. The van der Waals surface area contributed by atoms with Crippen molar-refractivity contribution in [1.82, 2.24) is 4.90 Å². The Morgan fingerprint density at radius 3 is 2.26 bits per heavy atom. The van der Waals surface area contributed by atoms with Crippen LogP contribution in [0.2, 0.25) is 0 Å². The van der Waals surface area contributed by atoms with E-state index in [1.807, 2.05) is 0 Å². The Kier molecular flexibility index (Phi) is 6.99. The molecule has 1 saturated heterocycles. The summed E-state index contributed by atoms with van der Waals surface area (Å²) in [5.41, 5.74) is 0.198. The van der Waals surface area contributed by atoms with Crippen molar-refractivity contribution in [1.29, 1.82) is 0 Å². The van der Waals surface area contributed by atoms with Crippen LogP contribution in [0.5, 0.6) is 5.75 Å². The van der Waals surface area contributed by atoms with Gasteiger partial charge in [-0.1, -0.05) is 0 Å². The van der Waals surface area contributed by atoms with Crippen molar-refractivity contribution in [2.45, 2.75) is 25.9 Å². The summed E-state index contributed by atoms with van der Waals surface area (Å²) < 4.78 is 37.3. The lowest BCUT2D eigenvalue weighted by Gasteiger charge is -2.31. The van der Waals surface area contributed by atoms with Gasteiger partial charge in [0.25, 0.3) is 5.91 Å². The van der Waals surface area contributed by atoms with Crippen molar-refractivity contribution in [3.8, 4) is 5.75 Å². The van der Waals surface area contributed by atoms with Crippen molar-refractivity contribution in [3.63, 3.8) is 0 Å². The number of ether oxygens (including phenoxy) is 2. The van der Waals surface area contributed by atoms with Gasteiger partial charge in [0.2, 0.25) is 5.78 Å². The second kappa shape index (κ2) is 9.68. The first kappa shape index (κ1) is 22.4. The molecule has 0 bridgehead atoms. The predicted octanol–water partition coefficient (Wildman–Crippen LogP) is 3.64. The molecule has 0 N–H and O–H groups in total. The number of nitrogens with zero attached hydrogens (tertiary/aromatic N) is 1. The second-order valence-corrected chi connectivity index (χ2v) is 7.36. The molecule has 1 atom stereocenters. The van der Waals surface area contributed by atoms with E-state index in [9.17, 15) is 23.2 Å². The molecule has 1 heterocycles. The van der Waals surface area contributed by atoms with Crippen LogP contribution in [0.25, 0.3) is 0 Å². The molecular formula is C23H23F2NO5. The van der Waals surface area contributed by atoms with E-state index < -0.39 is 35.5 Å². The summed E-state index contributed by atoms with van der Waals surface area (Å²) in [5, 5.41) is 0. The minimum Gasteiger partial charge on any atom is -0.497 e. The van der Waals surface area contributed by atoms with Crippen molar-refractivity contribution in [2.24, 2.45) is 5.92 Å². The molecule has 0 radical (unpaired) electrons. The highest BCUT2D eigenvalue weighted by Crippen LogP contribution is 2.23. The molecule has 6 nitrogen and oxygen atoms in total. The number of hydrogen-bond acceptors (Lipinski definition) is 5. The third kappa shape index (κ3) is 5.25. The molecular weight excluding hydrogens is 408 g/mol. The van der Waals surface area contributed by atoms with Crippen LogP contribution < -0.4 is 4.74 Å². The maximum Gasteiger partial charge on any atom is 0.309 e. The first-order valence-corrected chi connectivity index (χ1v) is 9.93. The van der Waals surface area contributed by atoms with Gasteiger partial charge < -0.3 is 14.4 Å². The van der Waals surface area contributed by atoms with Gasteiger partial charge in [-0.3, -0.25) is 14.4 Å². The monoisotopic (exact) mass is 431 g/mol. The van der Waals surface area contributed by atoms with Crippen molar-refractivity contribution in [3.05, 3.63) is 65.2 Å². The number of piperidine rings is 1. The van der Waals surface area contributed by atoms with Gasteiger partial charge in [-0.15, -0.1) is 0 Å². The summed E-state index contributed by atoms with van der Waals surface area (Å²) in [7, 11) is 1.52. The van der Waals surface area contributed by atoms with Crippen LogP contribution in [0.15, 0.2) is 42.5 Å². The SMILES string of the molecule is COc1ccc(C(=O)C(C)OC(=O)C2CCN(C(=O)c3ccc(F)cc3F)CC2)cc1. The van der Waals surface area contributed by atoms with Gasteiger partial charge in [0, 0.05) is 24.7 Å². The summed E-state index contributed by atoms with van der Waals surface area (Å²) in [6, 6.07) is 9.31. The zero-order valence-corrected chi connectivity index (χ0v) is 17.3. The highest BCUT2D eigenvalue weighted by Gasteiger charge is 2.31. The summed E-state index contributed by atoms with van der Waals surface area (Å²) >= 11 is 0. The zero-order valence-electron chi connectivity index (χ0n) is 17.3. The van der Waals surface area contributed by atoms with E-state index in [-0.39, 0.29) is 24.4 Å². The van der Waals surface area contributed by atoms with Gasteiger partial charge in [-0.05, 0) is 56.2 Å². The number of likely N-dealkylation sites (tertiary alicyclic amines) is 1. The Bertz CT molecular complexity index is 968. The average molecular weight is 431 g/mol. The lowest BCUT2D eigenvalue weighted by Crippen LogP contribution is -2.41. The minimum atomic E-state index is -0.950. The van der Waals surface area contributed by atoms with Crippen molar-refractivity contribution in [2.75, 3.05) is 20.2 Å². The Morgan fingerprint density at radius 2 is 1.68 bits per heavy atom. The number of carbonyl (C=O) groups excluding carboxylic acids is 3. The number of carbonyl (C=O) groups is 3. The molecule has 3 rings (SSSR count). The fraction of sp³-hybridized carbons (Fsp3) is 0.348.